The molecule has 2 heterocycles. The van der Waals surface area contributed by atoms with Crippen molar-refractivity contribution in [1.82, 2.24) is 9.97 Å². The lowest BCUT2D eigenvalue weighted by molar-refractivity contribution is 0.470. The van der Waals surface area contributed by atoms with Crippen molar-refractivity contribution in [2.24, 2.45) is 0 Å². The molecule has 5 nitrogen and oxygen atoms in total. The van der Waals surface area contributed by atoms with E-state index in [0.29, 0.717) is 33.3 Å². The molecule has 0 spiro atoms. The highest BCUT2D eigenvalue weighted by Gasteiger charge is 2.19. The van der Waals surface area contributed by atoms with Crippen molar-refractivity contribution in [3.63, 3.8) is 0 Å². The molecule has 0 aliphatic carbocycles. The first-order valence-corrected chi connectivity index (χ1v) is 11.4. The molecule has 0 amide bonds. The summed E-state index contributed by atoms with van der Waals surface area (Å²) in [6.45, 7) is 1.90. The van der Waals surface area contributed by atoms with E-state index in [9.17, 15) is 9.90 Å². The molecule has 0 unspecified atom stereocenters. The predicted molar refractivity (Wildman–Crippen MR) is 131 cm³/mol. The van der Waals surface area contributed by atoms with Crippen LogP contribution in [-0.2, 0) is 5.75 Å². The number of aromatic nitrogens is 2. The Morgan fingerprint density at radius 3 is 2.33 bits per heavy atom. The zero-order valence-corrected chi connectivity index (χ0v) is 18.7. The Kier molecular flexibility index (Phi) is 5.67. The van der Waals surface area contributed by atoms with Gasteiger partial charge in [-0.05, 0) is 36.2 Å². The van der Waals surface area contributed by atoms with E-state index in [0.717, 1.165) is 16.7 Å². The second-order valence-corrected chi connectivity index (χ2v) is 8.62. The molecular formula is C27H20N2O3S. The predicted octanol–water partition coefficient (Wildman–Crippen LogP) is 6.22. The molecule has 2 aromatic heterocycles. The molecule has 0 saturated heterocycles. The number of aromatic hydroxyl groups is 1. The number of thioether (sulfide) groups is 1. The van der Waals surface area contributed by atoms with Crippen LogP contribution in [0.4, 0.5) is 0 Å². The van der Waals surface area contributed by atoms with Crippen molar-refractivity contribution in [3.8, 4) is 28.3 Å². The number of benzene rings is 3. The highest BCUT2D eigenvalue weighted by atomic mass is 32.2. The van der Waals surface area contributed by atoms with Gasteiger partial charge in [-0.2, -0.15) is 0 Å². The molecule has 0 saturated carbocycles. The molecule has 5 rings (SSSR count). The van der Waals surface area contributed by atoms with Gasteiger partial charge in [0.15, 0.2) is 5.16 Å². The van der Waals surface area contributed by atoms with Crippen molar-refractivity contribution in [2.45, 2.75) is 17.8 Å². The topological polar surface area (TPSA) is 76.2 Å². The van der Waals surface area contributed by atoms with Crippen LogP contribution in [-0.4, -0.2) is 15.1 Å². The Balaban J connectivity index is 1.65. The third-order valence-electron chi connectivity index (χ3n) is 5.28. The molecule has 0 radical (unpaired) electrons. The normalized spacial score (nSPS) is 11.1. The van der Waals surface area contributed by atoms with Crippen LogP contribution in [0.15, 0.2) is 99.3 Å². The molecule has 0 aliphatic heterocycles. The number of rotatable bonds is 5. The average Bonchev–Trinajstić information content (AvgIpc) is 2.83. The summed E-state index contributed by atoms with van der Waals surface area (Å²) in [6.07, 6.45) is 0. The average molecular weight is 453 g/mol. The lowest BCUT2D eigenvalue weighted by Gasteiger charge is -2.10. The van der Waals surface area contributed by atoms with Crippen LogP contribution in [0.2, 0.25) is 0 Å². The summed E-state index contributed by atoms with van der Waals surface area (Å²) in [5, 5.41) is 12.0. The van der Waals surface area contributed by atoms with Crippen molar-refractivity contribution in [2.75, 3.05) is 0 Å². The quantitative estimate of drug-likeness (QED) is 0.194. The molecule has 0 bridgehead atoms. The molecule has 3 aromatic carbocycles. The molecule has 0 atom stereocenters. The molecule has 33 heavy (non-hydrogen) atoms. The summed E-state index contributed by atoms with van der Waals surface area (Å²) in [5.41, 5.74) is 3.70. The van der Waals surface area contributed by atoms with Gasteiger partial charge in [-0.3, -0.25) is 0 Å². The lowest BCUT2D eigenvalue weighted by atomic mass is 10.1. The number of fused-ring (bicyclic) bond motifs is 1. The van der Waals surface area contributed by atoms with E-state index >= 15 is 0 Å². The van der Waals surface area contributed by atoms with Gasteiger partial charge in [0.05, 0.1) is 16.8 Å². The van der Waals surface area contributed by atoms with Crippen molar-refractivity contribution in [3.05, 3.63) is 106 Å². The highest BCUT2D eigenvalue weighted by molar-refractivity contribution is 7.98. The smallest absolute Gasteiger partial charge is 0.349 e. The van der Waals surface area contributed by atoms with E-state index in [1.807, 2.05) is 73.7 Å². The zero-order valence-electron chi connectivity index (χ0n) is 17.9. The van der Waals surface area contributed by atoms with Crippen molar-refractivity contribution < 1.29 is 9.52 Å². The molecule has 0 fully saturated rings. The van der Waals surface area contributed by atoms with Gasteiger partial charge in [-0.25, -0.2) is 14.8 Å². The minimum Gasteiger partial charge on any atom is -0.506 e. The number of aryl methyl sites for hydroxylation is 1. The lowest BCUT2D eigenvalue weighted by Crippen LogP contribution is -2.06. The fraction of sp³-hybridized carbons (Fsp3) is 0.0741. The Bertz CT molecular complexity index is 1500. The minimum absolute atomic E-state index is 0.0347. The fourth-order valence-corrected chi connectivity index (χ4v) is 4.43. The van der Waals surface area contributed by atoms with Crippen LogP contribution < -0.4 is 5.63 Å². The summed E-state index contributed by atoms with van der Waals surface area (Å²) < 4.78 is 5.54. The first-order valence-electron chi connectivity index (χ1n) is 10.5. The van der Waals surface area contributed by atoms with Crippen molar-refractivity contribution in [1.29, 1.82) is 0 Å². The van der Waals surface area contributed by atoms with Gasteiger partial charge < -0.3 is 9.52 Å². The monoisotopic (exact) mass is 452 g/mol. The maximum atomic E-state index is 12.9. The van der Waals surface area contributed by atoms with E-state index in [2.05, 4.69) is 4.98 Å². The van der Waals surface area contributed by atoms with Gasteiger partial charge >= 0.3 is 5.63 Å². The first-order chi connectivity index (χ1) is 16.1. The van der Waals surface area contributed by atoms with Gasteiger partial charge in [-0.1, -0.05) is 78.5 Å². The number of hydrogen-bond donors (Lipinski definition) is 1. The van der Waals surface area contributed by atoms with Gasteiger partial charge in [-0.15, -0.1) is 0 Å². The van der Waals surface area contributed by atoms with E-state index < -0.39 is 5.63 Å². The Labute approximate surface area is 194 Å². The largest absolute Gasteiger partial charge is 0.506 e. The van der Waals surface area contributed by atoms with Gasteiger partial charge in [0.1, 0.15) is 16.9 Å². The van der Waals surface area contributed by atoms with Crippen LogP contribution in [0.5, 0.6) is 5.75 Å². The van der Waals surface area contributed by atoms with E-state index in [1.54, 1.807) is 18.2 Å². The van der Waals surface area contributed by atoms with Crippen LogP contribution in [0.25, 0.3) is 33.5 Å². The third kappa shape index (κ3) is 4.38. The van der Waals surface area contributed by atoms with Crippen LogP contribution in [0.1, 0.15) is 11.1 Å². The maximum absolute atomic E-state index is 12.9. The fourth-order valence-electron chi connectivity index (χ4n) is 3.61. The number of hydrogen-bond acceptors (Lipinski definition) is 6. The molecule has 1 N–H and O–H groups in total. The third-order valence-corrected chi connectivity index (χ3v) is 6.20. The highest BCUT2D eigenvalue weighted by Crippen LogP contribution is 2.35. The summed E-state index contributed by atoms with van der Waals surface area (Å²) in [6, 6.07) is 26.8. The summed E-state index contributed by atoms with van der Waals surface area (Å²) in [4.78, 5) is 22.2. The maximum Gasteiger partial charge on any atom is 0.349 e. The standard InChI is InChI=1S/C27H20N2O3S/c1-17-12-13-20-23(14-17)32-26(31)24(25(20)30)22-15-21(19-10-6-3-7-11-19)28-27(29-22)33-16-18-8-4-2-5-9-18/h2-15,30H,16H2,1H3. The minimum atomic E-state index is -0.637. The van der Waals surface area contributed by atoms with Crippen LogP contribution in [0.3, 0.4) is 0 Å². The Hall–Kier alpha value is -3.90. The molecule has 0 aliphatic rings. The summed E-state index contributed by atoms with van der Waals surface area (Å²) >= 11 is 1.47. The Morgan fingerprint density at radius 1 is 0.879 bits per heavy atom. The molecular weight excluding hydrogens is 432 g/mol. The van der Waals surface area contributed by atoms with E-state index in [-0.39, 0.29) is 11.3 Å². The molecule has 5 aromatic rings. The van der Waals surface area contributed by atoms with Gasteiger partial charge in [0, 0.05) is 11.3 Å². The van der Waals surface area contributed by atoms with E-state index in [1.165, 1.54) is 11.8 Å². The number of nitrogens with zero attached hydrogens (tertiary/aromatic N) is 2. The van der Waals surface area contributed by atoms with E-state index in [4.69, 9.17) is 9.40 Å². The second-order valence-electron chi connectivity index (χ2n) is 7.67. The second kappa shape index (κ2) is 8.92. The summed E-state index contributed by atoms with van der Waals surface area (Å²) in [5.74, 6) is 0.536. The zero-order chi connectivity index (χ0) is 22.8. The summed E-state index contributed by atoms with van der Waals surface area (Å²) in [7, 11) is 0. The molecule has 162 valence electrons. The van der Waals surface area contributed by atoms with Crippen LogP contribution in [0, 0.1) is 6.92 Å². The molecule has 6 heteroatoms. The first kappa shape index (κ1) is 21.0. The SMILES string of the molecule is Cc1ccc2c(O)c(-c3cc(-c4ccccc4)nc(SCc4ccccc4)n3)c(=O)oc2c1. The van der Waals surface area contributed by atoms with Gasteiger partial charge in [0.25, 0.3) is 0 Å². The van der Waals surface area contributed by atoms with Crippen molar-refractivity contribution >= 4 is 22.7 Å². The van der Waals surface area contributed by atoms with Crippen LogP contribution >= 0.6 is 11.8 Å². The Morgan fingerprint density at radius 2 is 1.58 bits per heavy atom. The van der Waals surface area contributed by atoms with Gasteiger partial charge in [0.2, 0.25) is 0 Å².